The lowest BCUT2D eigenvalue weighted by Crippen LogP contribution is -2.61. The lowest BCUT2D eigenvalue weighted by molar-refractivity contribution is -0.326. The van der Waals surface area contributed by atoms with Gasteiger partial charge in [0, 0.05) is 0 Å². The minimum Gasteiger partial charge on any atom is -0.394 e. The third-order valence-corrected chi connectivity index (χ3v) is 11.0. The van der Waals surface area contributed by atoms with Crippen molar-refractivity contribution in [1.29, 1.82) is 0 Å². The van der Waals surface area contributed by atoms with Crippen molar-refractivity contribution in [3.05, 3.63) is 23.3 Å². The highest BCUT2D eigenvalue weighted by Crippen LogP contribution is 2.61. The molecule has 12 heteroatoms. The summed E-state index contributed by atoms with van der Waals surface area (Å²) in [5.41, 5.74) is 2.15. The molecule has 0 spiro atoms. The molecule has 254 valence electrons. The Kier molecular flexibility index (Phi) is 11.7. The zero-order valence-electron chi connectivity index (χ0n) is 26.5. The highest BCUT2D eigenvalue weighted by Gasteiger charge is 2.57. The van der Waals surface area contributed by atoms with Crippen LogP contribution in [0.2, 0.25) is 0 Å². The highest BCUT2D eigenvalue weighted by molar-refractivity contribution is 5.20. The van der Waals surface area contributed by atoms with E-state index in [1.807, 2.05) is 13.0 Å². The average molecular weight is 631 g/mol. The maximum Gasteiger partial charge on any atom is 0.187 e. The first-order chi connectivity index (χ1) is 20.7. The summed E-state index contributed by atoms with van der Waals surface area (Å²) in [6.07, 6.45) is -4.82. The molecule has 2 aliphatic carbocycles. The number of fused-ring (bicyclic) bond motifs is 1. The summed E-state index contributed by atoms with van der Waals surface area (Å²) >= 11 is 0. The topological polar surface area (TPSA) is 199 Å². The Bertz CT molecular complexity index is 1010. The van der Waals surface area contributed by atoms with Gasteiger partial charge in [-0.2, -0.15) is 0 Å². The fourth-order valence-corrected chi connectivity index (χ4v) is 8.13. The van der Waals surface area contributed by atoms with Crippen molar-refractivity contribution in [1.82, 2.24) is 0 Å². The number of hydrogen-bond acceptors (Lipinski definition) is 12. The van der Waals surface area contributed by atoms with E-state index in [1.54, 1.807) is 0 Å². The Morgan fingerprint density at radius 1 is 0.886 bits per heavy atom. The molecule has 2 aliphatic heterocycles. The Morgan fingerprint density at radius 2 is 1.45 bits per heavy atom. The molecule has 3 fully saturated rings. The van der Waals surface area contributed by atoms with Crippen LogP contribution in [0.25, 0.3) is 0 Å². The standard InChI is InChI=1S/C32H54O12/c1-16(11-13-41-29-27(39)25(37)23(35)19(14-33)42-29)6-8-18-17(2)7-9-21-31(3,4)22(10-12-32(18,21)5)44-30-28(40)26(38)24(36)20(15-34)43-30/h7,11,18-30,33-40H,6,8-10,12-15H2,1-5H3/b16-11+/t18-,19+,20+,21-,22-,23+,24+,25-,26-,27+,28+,29+,30-,32+/m0/s1. The van der Waals surface area contributed by atoms with E-state index in [-0.39, 0.29) is 29.5 Å². The molecule has 0 aromatic carbocycles. The van der Waals surface area contributed by atoms with Gasteiger partial charge in [0.2, 0.25) is 0 Å². The van der Waals surface area contributed by atoms with Gasteiger partial charge >= 0.3 is 0 Å². The normalized spacial score (nSPS) is 46.3. The molecule has 4 rings (SSSR count). The summed E-state index contributed by atoms with van der Waals surface area (Å²) in [6, 6.07) is 0. The van der Waals surface area contributed by atoms with E-state index in [4.69, 9.17) is 18.9 Å². The molecule has 1 saturated carbocycles. The third-order valence-electron chi connectivity index (χ3n) is 11.0. The smallest absolute Gasteiger partial charge is 0.187 e. The van der Waals surface area contributed by atoms with Gasteiger partial charge in [0.15, 0.2) is 12.6 Å². The predicted octanol–water partition coefficient (Wildman–Crippen LogP) is 0.123. The summed E-state index contributed by atoms with van der Waals surface area (Å²) in [7, 11) is 0. The summed E-state index contributed by atoms with van der Waals surface area (Å²) in [4.78, 5) is 0. The molecule has 0 aromatic rings. The molecule has 2 heterocycles. The molecule has 8 N–H and O–H groups in total. The maximum atomic E-state index is 10.6. The van der Waals surface area contributed by atoms with Crippen molar-refractivity contribution in [2.75, 3.05) is 19.8 Å². The largest absolute Gasteiger partial charge is 0.394 e. The average Bonchev–Trinajstić information content (AvgIpc) is 2.98. The van der Waals surface area contributed by atoms with Crippen LogP contribution in [-0.2, 0) is 18.9 Å². The Labute approximate surface area is 259 Å². The molecule has 2 saturated heterocycles. The van der Waals surface area contributed by atoms with E-state index in [0.29, 0.717) is 5.92 Å². The van der Waals surface area contributed by atoms with Crippen molar-refractivity contribution in [3.8, 4) is 0 Å². The SMILES string of the molecule is CC1=CC[C@H]2C(C)(C)[C@@H](O[C@@H]3O[C@H](CO)[C@@H](O)[C@H](O)[C@H]3O)CC[C@]2(C)[C@H]1CC/C(C)=C/CO[C@@H]1O[C@H](CO)[C@@H](O)[C@H](O)[C@H]1O. The molecule has 0 radical (unpaired) electrons. The van der Waals surface area contributed by atoms with Crippen molar-refractivity contribution in [2.45, 2.75) is 134 Å². The molecule has 0 bridgehead atoms. The van der Waals surface area contributed by atoms with Crippen LogP contribution in [0.15, 0.2) is 23.3 Å². The zero-order chi connectivity index (χ0) is 32.6. The van der Waals surface area contributed by atoms with Crippen LogP contribution in [0.4, 0.5) is 0 Å². The van der Waals surface area contributed by atoms with Crippen molar-refractivity contribution >= 4 is 0 Å². The zero-order valence-corrected chi connectivity index (χ0v) is 26.5. The fraction of sp³-hybridized carbons (Fsp3) is 0.875. The number of hydrogen-bond donors (Lipinski definition) is 8. The summed E-state index contributed by atoms with van der Waals surface area (Å²) < 4.78 is 23.1. The lowest BCUT2D eigenvalue weighted by atomic mass is 9.47. The Balaban J connectivity index is 1.37. The second-order valence-electron chi connectivity index (χ2n) is 14.1. The van der Waals surface area contributed by atoms with E-state index in [2.05, 4.69) is 33.8 Å². The molecular formula is C32H54O12. The van der Waals surface area contributed by atoms with Crippen LogP contribution >= 0.6 is 0 Å². The molecular weight excluding hydrogens is 576 g/mol. The van der Waals surface area contributed by atoms with Crippen molar-refractivity contribution in [3.63, 3.8) is 0 Å². The van der Waals surface area contributed by atoms with Crippen LogP contribution in [0, 0.1) is 22.7 Å². The van der Waals surface area contributed by atoms with Gasteiger partial charge in [0.1, 0.15) is 48.8 Å². The van der Waals surface area contributed by atoms with E-state index >= 15 is 0 Å². The molecule has 12 nitrogen and oxygen atoms in total. The number of aliphatic hydroxyl groups is 8. The highest BCUT2D eigenvalue weighted by atomic mass is 16.7. The third kappa shape index (κ3) is 6.97. The predicted molar refractivity (Wildman–Crippen MR) is 158 cm³/mol. The molecule has 0 unspecified atom stereocenters. The van der Waals surface area contributed by atoms with Gasteiger partial charge in [-0.1, -0.05) is 44.1 Å². The second-order valence-corrected chi connectivity index (χ2v) is 14.1. The molecule has 4 aliphatic rings. The van der Waals surface area contributed by atoms with Crippen LogP contribution in [0.1, 0.15) is 66.7 Å². The maximum absolute atomic E-state index is 10.6. The van der Waals surface area contributed by atoms with Crippen LogP contribution < -0.4 is 0 Å². The first-order valence-electron chi connectivity index (χ1n) is 15.9. The van der Waals surface area contributed by atoms with Gasteiger partial charge in [-0.3, -0.25) is 0 Å². The lowest BCUT2D eigenvalue weighted by Gasteiger charge is -2.60. The molecule has 44 heavy (non-hydrogen) atoms. The summed E-state index contributed by atoms with van der Waals surface area (Å²) in [5.74, 6) is 0.592. The summed E-state index contributed by atoms with van der Waals surface area (Å²) in [5, 5.41) is 80.1. The van der Waals surface area contributed by atoms with Gasteiger partial charge < -0.3 is 59.8 Å². The monoisotopic (exact) mass is 630 g/mol. The molecule has 0 amide bonds. The van der Waals surface area contributed by atoms with Gasteiger partial charge in [0.25, 0.3) is 0 Å². The van der Waals surface area contributed by atoms with Crippen LogP contribution in [0.5, 0.6) is 0 Å². The quantitative estimate of drug-likeness (QED) is 0.152. The summed E-state index contributed by atoms with van der Waals surface area (Å²) in [6.45, 7) is 10.0. The van der Waals surface area contributed by atoms with E-state index in [1.165, 1.54) is 5.57 Å². The Hall–Kier alpha value is -1.00. The van der Waals surface area contributed by atoms with Crippen molar-refractivity contribution < 1.29 is 59.8 Å². The van der Waals surface area contributed by atoms with E-state index in [0.717, 1.165) is 37.7 Å². The van der Waals surface area contributed by atoms with E-state index < -0.39 is 74.6 Å². The molecule has 14 atom stereocenters. The fourth-order valence-electron chi connectivity index (χ4n) is 8.13. The first kappa shape index (κ1) is 35.8. The minimum absolute atomic E-state index is 0.00924. The van der Waals surface area contributed by atoms with E-state index in [9.17, 15) is 40.9 Å². The second kappa shape index (κ2) is 14.4. The number of ether oxygens (including phenoxy) is 4. The number of aliphatic hydroxyl groups excluding tert-OH is 8. The Morgan fingerprint density at radius 3 is 2.05 bits per heavy atom. The van der Waals surface area contributed by atoms with Crippen LogP contribution in [-0.4, -0.2) is 128 Å². The van der Waals surface area contributed by atoms with Gasteiger partial charge in [0.05, 0.1) is 25.9 Å². The number of rotatable bonds is 10. The van der Waals surface area contributed by atoms with Gasteiger partial charge in [-0.05, 0) is 68.6 Å². The van der Waals surface area contributed by atoms with Crippen molar-refractivity contribution in [2.24, 2.45) is 22.7 Å². The van der Waals surface area contributed by atoms with Gasteiger partial charge in [-0.15, -0.1) is 0 Å². The van der Waals surface area contributed by atoms with Gasteiger partial charge in [-0.25, -0.2) is 0 Å². The first-order valence-corrected chi connectivity index (χ1v) is 15.9. The minimum atomic E-state index is -1.48. The number of allylic oxidation sites excluding steroid dienone is 3. The molecule has 0 aromatic heterocycles. The van der Waals surface area contributed by atoms with Crippen LogP contribution in [0.3, 0.4) is 0 Å².